The summed E-state index contributed by atoms with van der Waals surface area (Å²) in [5.74, 6) is 0. The molecule has 1 aromatic heterocycles. The third-order valence-electron chi connectivity index (χ3n) is 2.20. The molecule has 0 unspecified atom stereocenters. The van der Waals surface area contributed by atoms with Crippen LogP contribution in [0.4, 0.5) is 5.69 Å². The van der Waals surface area contributed by atoms with Crippen LogP contribution in [0.25, 0.3) is 10.9 Å². The standard InChI is InChI=1S/C11H8IN3/c1-14-11-7(5-13)6-15-10-3-2-8(12)4-9(10)11/h2-4,6H,1H3,(H,14,15). The fraction of sp³-hybridized carbons (Fsp3) is 0.0909. The summed E-state index contributed by atoms with van der Waals surface area (Å²) in [5, 5.41) is 13.0. The van der Waals surface area contributed by atoms with E-state index in [1.807, 2.05) is 25.2 Å². The second-order valence-electron chi connectivity index (χ2n) is 3.07. The average Bonchev–Trinajstić information content (AvgIpc) is 2.27. The first-order valence-corrected chi connectivity index (χ1v) is 5.50. The largest absolute Gasteiger partial charge is 0.386 e. The Morgan fingerprint density at radius 2 is 2.27 bits per heavy atom. The van der Waals surface area contributed by atoms with Crippen molar-refractivity contribution < 1.29 is 0 Å². The lowest BCUT2D eigenvalue weighted by Crippen LogP contribution is -1.95. The van der Waals surface area contributed by atoms with Crippen LogP contribution < -0.4 is 5.32 Å². The second kappa shape index (κ2) is 4.03. The lowest BCUT2D eigenvalue weighted by Gasteiger charge is -2.07. The van der Waals surface area contributed by atoms with E-state index in [1.54, 1.807) is 6.20 Å². The van der Waals surface area contributed by atoms with Crippen LogP contribution in [0.1, 0.15) is 5.56 Å². The molecule has 0 aliphatic carbocycles. The molecule has 0 aliphatic rings. The van der Waals surface area contributed by atoms with Crippen LogP contribution in [0.5, 0.6) is 0 Å². The topological polar surface area (TPSA) is 48.7 Å². The molecule has 1 N–H and O–H groups in total. The minimum atomic E-state index is 0.576. The van der Waals surface area contributed by atoms with Gasteiger partial charge in [-0.3, -0.25) is 4.98 Å². The highest BCUT2D eigenvalue weighted by molar-refractivity contribution is 14.1. The maximum absolute atomic E-state index is 8.95. The van der Waals surface area contributed by atoms with Gasteiger partial charge in [-0.2, -0.15) is 5.26 Å². The predicted octanol–water partition coefficient (Wildman–Crippen LogP) is 2.75. The Morgan fingerprint density at radius 3 is 2.93 bits per heavy atom. The zero-order chi connectivity index (χ0) is 10.8. The molecule has 0 amide bonds. The first kappa shape index (κ1) is 10.2. The van der Waals surface area contributed by atoms with E-state index in [2.05, 4.69) is 39.0 Å². The molecule has 0 radical (unpaired) electrons. The molecule has 0 saturated heterocycles. The van der Waals surface area contributed by atoms with Crippen molar-refractivity contribution >= 4 is 39.2 Å². The van der Waals surface area contributed by atoms with Crippen molar-refractivity contribution in [3.63, 3.8) is 0 Å². The number of nitrogens with one attached hydrogen (secondary N) is 1. The van der Waals surface area contributed by atoms with E-state index in [9.17, 15) is 0 Å². The van der Waals surface area contributed by atoms with Gasteiger partial charge in [-0.05, 0) is 40.8 Å². The minimum Gasteiger partial charge on any atom is -0.386 e. The lowest BCUT2D eigenvalue weighted by atomic mass is 10.1. The second-order valence-corrected chi connectivity index (χ2v) is 4.32. The fourth-order valence-electron chi connectivity index (χ4n) is 1.52. The summed E-state index contributed by atoms with van der Waals surface area (Å²) in [6, 6.07) is 8.11. The zero-order valence-electron chi connectivity index (χ0n) is 8.08. The molecular weight excluding hydrogens is 301 g/mol. The van der Waals surface area contributed by atoms with Gasteiger partial charge in [0.15, 0.2) is 0 Å². The molecule has 0 aliphatic heterocycles. The fourth-order valence-corrected chi connectivity index (χ4v) is 2.01. The van der Waals surface area contributed by atoms with Gasteiger partial charge in [0.25, 0.3) is 0 Å². The summed E-state index contributed by atoms with van der Waals surface area (Å²) in [5.41, 5.74) is 2.33. The molecule has 15 heavy (non-hydrogen) atoms. The summed E-state index contributed by atoms with van der Waals surface area (Å²) in [6.07, 6.45) is 1.60. The van der Waals surface area contributed by atoms with Gasteiger partial charge in [0.05, 0.1) is 16.8 Å². The third-order valence-corrected chi connectivity index (χ3v) is 2.87. The molecule has 0 atom stereocenters. The van der Waals surface area contributed by atoms with Gasteiger partial charge in [0, 0.05) is 22.2 Å². The van der Waals surface area contributed by atoms with Crippen LogP contribution in [0.2, 0.25) is 0 Å². The van der Waals surface area contributed by atoms with Gasteiger partial charge in [0.2, 0.25) is 0 Å². The Bertz CT molecular complexity index is 557. The number of anilines is 1. The molecule has 2 aromatic rings. The van der Waals surface area contributed by atoms with Crippen LogP contribution >= 0.6 is 22.6 Å². The van der Waals surface area contributed by atoms with E-state index >= 15 is 0 Å². The van der Waals surface area contributed by atoms with E-state index < -0.39 is 0 Å². The number of benzene rings is 1. The first-order valence-electron chi connectivity index (χ1n) is 4.42. The van der Waals surface area contributed by atoms with Crippen molar-refractivity contribution in [1.29, 1.82) is 5.26 Å². The molecule has 2 rings (SSSR count). The highest BCUT2D eigenvalue weighted by Gasteiger charge is 2.06. The molecule has 74 valence electrons. The average molecular weight is 309 g/mol. The Morgan fingerprint density at radius 1 is 1.47 bits per heavy atom. The minimum absolute atomic E-state index is 0.576. The van der Waals surface area contributed by atoms with Crippen molar-refractivity contribution in [2.45, 2.75) is 0 Å². The molecule has 4 heteroatoms. The molecule has 0 bridgehead atoms. The molecule has 0 fully saturated rings. The zero-order valence-corrected chi connectivity index (χ0v) is 10.2. The van der Waals surface area contributed by atoms with E-state index in [0.29, 0.717) is 5.56 Å². The molecule has 0 saturated carbocycles. The maximum atomic E-state index is 8.95. The van der Waals surface area contributed by atoms with Gasteiger partial charge < -0.3 is 5.32 Å². The number of fused-ring (bicyclic) bond motifs is 1. The third kappa shape index (κ3) is 1.75. The predicted molar refractivity (Wildman–Crippen MR) is 68.7 cm³/mol. The first-order chi connectivity index (χ1) is 7.26. The van der Waals surface area contributed by atoms with Crippen LogP contribution in [0.3, 0.4) is 0 Å². The van der Waals surface area contributed by atoms with Gasteiger partial charge in [-0.25, -0.2) is 0 Å². The summed E-state index contributed by atoms with van der Waals surface area (Å²) >= 11 is 2.25. The SMILES string of the molecule is CNc1c(C#N)cnc2ccc(I)cc12. The van der Waals surface area contributed by atoms with Crippen molar-refractivity contribution in [3.05, 3.63) is 33.5 Å². The van der Waals surface area contributed by atoms with Crippen molar-refractivity contribution in [2.75, 3.05) is 12.4 Å². The molecule has 1 aromatic carbocycles. The van der Waals surface area contributed by atoms with Crippen LogP contribution in [-0.2, 0) is 0 Å². The van der Waals surface area contributed by atoms with E-state index in [-0.39, 0.29) is 0 Å². The van der Waals surface area contributed by atoms with Crippen LogP contribution in [0.15, 0.2) is 24.4 Å². The molecular formula is C11H8IN3. The van der Waals surface area contributed by atoms with E-state index in [0.717, 1.165) is 20.2 Å². The Balaban J connectivity index is 2.86. The van der Waals surface area contributed by atoms with Gasteiger partial charge in [0.1, 0.15) is 6.07 Å². The summed E-state index contributed by atoms with van der Waals surface area (Å²) < 4.78 is 1.13. The van der Waals surface area contributed by atoms with Gasteiger partial charge in [-0.1, -0.05) is 0 Å². The van der Waals surface area contributed by atoms with Gasteiger partial charge >= 0.3 is 0 Å². The van der Waals surface area contributed by atoms with Crippen molar-refractivity contribution in [2.24, 2.45) is 0 Å². The van der Waals surface area contributed by atoms with Crippen LogP contribution in [0, 0.1) is 14.9 Å². The molecule has 1 heterocycles. The lowest BCUT2D eigenvalue weighted by molar-refractivity contribution is 1.35. The van der Waals surface area contributed by atoms with E-state index in [1.165, 1.54) is 0 Å². The van der Waals surface area contributed by atoms with Crippen molar-refractivity contribution in [1.82, 2.24) is 4.98 Å². The number of nitriles is 1. The van der Waals surface area contributed by atoms with Crippen LogP contribution in [-0.4, -0.2) is 12.0 Å². The Kier molecular flexibility index (Phi) is 2.73. The number of hydrogen-bond acceptors (Lipinski definition) is 3. The monoisotopic (exact) mass is 309 g/mol. The van der Waals surface area contributed by atoms with Gasteiger partial charge in [-0.15, -0.1) is 0 Å². The normalized spacial score (nSPS) is 9.93. The Hall–Kier alpha value is -1.35. The molecule has 0 spiro atoms. The highest BCUT2D eigenvalue weighted by Crippen LogP contribution is 2.26. The van der Waals surface area contributed by atoms with Crippen molar-refractivity contribution in [3.8, 4) is 6.07 Å². The number of nitrogens with zero attached hydrogens (tertiary/aromatic N) is 2. The number of pyridine rings is 1. The maximum Gasteiger partial charge on any atom is 0.103 e. The summed E-state index contributed by atoms with van der Waals surface area (Å²) in [4.78, 5) is 4.24. The smallest absolute Gasteiger partial charge is 0.103 e. The summed E-state index contributed by atoms with van der Waals surface area (Å²) in [6.45, 7) is 0. The number of halogens is 1. The number of hydrogen-bond donors (Lipinski definition) is 1. The Labute approximate surface area is 101 Å². The van der Waals surface area contributed by atoms with E-state index in [4.69, 9.17) is 5.26 Å². The highest BCUT2D eigenvalue weighted by atomic mass is 127. The number of rotatable bonds is 1. The number of aromatic nitrogens is 1. The molecule has 3 nitrogen and oxygen atoms in total. The summed E-state index contributed by atoms with van der Waals surface area (Å²) in [7, 11) is 1.81. The quantitative estimate of drug-likeness (QED) is 0.824.